The molecule has 3 aromatic rings. The minimum Gasteiger partial charge on any atom is -0.371 e. The Morgan fingerprint density at radius 3 is 2.93 bits per heavy atom. The van der Waals surface area contributed by atoms with Gasteiger partial charge in [0.05, 0.1) is 24.4 Å². The first-order valence-corrected chi connectivity index (χ1v) is 10.4. The summed E-state index contributed by atoms with van der Waals surface area (Å²) in [5, 5.41) is 5.09. The van der Waals surface area contributed by atoms with E-state index < -0.39 is 10.0 Å². The molecule has 0 saturated carbocycles. The summed E-state index contributed by atoms with van der Waals surface area (Å²) < 4.78 is 35.8. The molecule has 8 heteroatoms. The number of hydrogen-bond acceptors (Lipinski definition) is 5. The van der Waals surface area contributed by atoms with Crippen LogP contribution in [0.2, 0.25) is 0 Å². The van der Waals surface area contributed by atoms with Crippen LogP contribution in [-0.2, 0) is 21.3 Å². The van der Waals surface area contributed by atoms with E-state index in [-0.39, 0.29) is 17.5 Å². The highest BCUT2D eigenvalue weighted by molar-refractivity contribution is 7.89. The smallest absolute Gasteiger partial charge is 0.245 e. The number of morpholine rings is 1. The van der Waals surface area contributed by atoms with Crippen molar-refractivity contribution in [2.75, 3.05) is 19.7 Å². The number of rotatable bonds is 4. The Balaban J connectivity index is 1.67. The lowest BCUT2D eigenvalue weighted by Gasteiger charge is -2.31. The molecular weight excluding hydrogens is 364 g/mol. The molecule has 1 aliphatic rings. The van der Waals surface area contributed by atoms with Gasteiger partial charge in [-0.25, -0.2) is 8.42 Å². The van der Waals surface area contributed by atoms with Crippen LogP contribution in [0.1, 0.15) is 24.2 Å². The molecule has 0 radical (unpaired) electrons. The van der Waals surface area contributed by atoms with E-state index in [0.29, 0.717) is 18.7 Å². The maximum absolute atomic E-state index is 13.3. The standard InChI is InChI=1S/C19H22N4O3S/c1-3-22-12-16(11-21-22)17-13-23(7-8-26-17)27(24,25)18-6-4-5-15-9-14(2)10-20-19(15)18/h4-6,9-12,17H,3,7-8,13H2,1-2H3/t17-/m1/s1. The van der Waals surface area contributed by atoms with E-state index in [1.807, 2.05) is 36.9 Å². The van der Waals surface area contributed by atoms with Crippen molar-refractivity contribution in [1.82, 2.24) is 19.1 Å². The van der Waals surface area contributed by atoms with Gasteiger partial charge in [0.2, 0.25) is 10.0 Å². The van der Waals surface area contributed by atoms with Crippen molar-refractivity contribution in [2.24, 2.45) is 0 Å². The summed E-state index contributed by atoms with van der Waals surface area (Å²) >= 11 is 0. The summed E-state index contributed by atoms with van der Waals surface area (Å²) in [6.45, 7) is 5.64. The predicted molar refractivity (Wildman–Crippen MR) is 102 cm³/mol. The maximum atomic E-state index is 13.3. The van der Waals surface area contributed by atoms with Gasteiger partial charge < -0.3 is 4.74 Å². The number of benzene rings is 1. The number of sulfonamides is 1. The minimum absolute atomic E-state index is 0.241. The minimum atomic E-state index is -3.68. The van der Waals surface area contributed by atoms with Gasteiger partial charge in [-0.15, -0.1) is 0 Å². The fourth-order valence-corrected chi connectivity index (χ4v) is 4.94. The molecule has 1 fully saturated rings. The Kier molecular flexibility index (Phi) is 4.71. The second-order valence-corrected chi connectivity index (χ2v) is 8.60. The van der Waals surface area contributed by atoms with Gasteiger partial charge in [-0.2, -0.15) is 9.40 Å². The third-order valence-corrected chi connectivity index (χ3v) is 6.70. The van der Waals surface area contributed by atoms with E-state index in [1.165, 1.54) is 4.31 Å². The van der Waals surface area contributed by atoms with Crippen LogP contribution in [0.15, 0.2) is 47.8 Å². The third-order valence-electron chi connectivity index (χ3n) is 4.81. The summed E-state index contributed by atoms with van der Waals surface area (Å²) in [4.78, 5) is 4.62. The summed E-state index contributed by atoms with van der Waals surface area (Å²) in [6, 6.07) is 7.22. The molecule has 3 heterocycles. The Labute approximate surface area is 158 Å². The lowest BCUT2D eigenvalue weighted by Crippen LogP contribution is -2.42. The van der Waals surface area contributed by atoms with Gasteiger partial charge in [0, 0.05) is 43.0 Å². The molecule has 0 amide bonds. The van der Waals surface area contributed by atoms with Gasteiger partial charge >= 0.3 is 0 Å². The normalized spacial score (nSPS) is 18.8. The molecule has 2 aromatic heterocycles. The third kappa shape index (κ3) is 3.36. The number of para-hydroxylation sites is 1. The highest BCUT2D eigenvalue weighted by Crippen LogP contribution is 2.29. The van der Waals surface area contributed by atoms with Crippen molar-refractivity contribution in [3.05, 3.63) is 54.0 Å². The molecule has 1 atom stereocenters. The number of hydrogen-bond donors (Lipinski definition) is 0. The molecule has 0 aliphatic carbocycles. The van der Waals surface area contributed by atoms with Crippen LogP contribution in [0, 0.1) is 6.92 Å². The molecule has 142 valence electrons. The van der Waals surface area contributed by atoms with Crippen molar-refractivity contribution in [1.29, 1.82) is 0 Å². The van der Waals surface area contributed by atoms with Crippen molar-refractivity contribution in [3.8, 4) is 0 Å². The topological polar surface area (TPSA) is 77.3 Å². The number of nitrogens with zero attached hydrogens (tertiary/aromatic N) is 4. The molecule has 0 spiro atoms. The molecular formula is C19H22N4O3S. The molecule has 0 bridgehead atoms. The monoisotopic (exact) mass is 386 g/mol. The van der Waals surface area contributed by atoms with Crippen LogP contribution in [0.4, 0.5) is 0 Å². The molecule has 0 N–H and O–H groups in total. The molecule has 7 nitrogen and oxygen atoms in total. The lowest BCUT2D eigenvalue weighted by atomic mass is 10.2. The number of fused-ring (bicyclic) bond motifs is 1. The number of pyridine rings is 1. The fourth-order valence-electron chi connectivity index (χ4n) is 3.35. The zero-order valence-corrected chi connectivity index (χ0v) is 16.2. The van der Waals surface area contributed by atoms with Gasteiger partial charge in [-0.3, -0.25) is 9.67 Å². The molecule has 0 unspecified atom stereocenters. The summed E-state index contributed by atoms with van der Waals surface area (Å²) in [6.07, 6.45) is 5.03. The largest absolute Gasteiger partial charge is 0.371 e. The first kappa shape index (κ1) is 18.1. The van der Waals surface area contributed by atoms with Crippen LogP contribution >= 0.6 is 0 Å². The second-order valence-electron chi connectivity index (χ2n) is 6.69. The van der Waals surface area contributed by atoms with Gasteiger partial charge in [-0.05, 0) is 31.5 Å². The summed E-state index contributed by atoms with van der Waals surface area (Å²) in [5.74, 6) is 0. The van der Waals surface area contributed by atoms with Crippen LogP contribution in [0.25, 0.3) is 10.9 Å². The lowest BCUT2D eigenvalue weighted by molar-refractivity contribution is -0.00258. The molecule has 27 heavy (non-hydrogen) atoms. The number of aromatic nitrogens is 3. The Morgan fingerprint density at radius 1 is 1.30 bits per heavy atom. The summed E-state index contributed by atoms with van der Waals surface area (Å²) in [7, 11) is -3.68. The molecule has 4 rings (SSSR count). The van der Waals surface area contributed by atoms with Crippen molar-refractivity contribution in [3.63, 3.8) is 0 Å². The van der Waals surface area contributed by atoms with E-state index in [2.05, 4.69) is 10.1 Å². The number of aryl methyl sites for hydroxylation is 2. The van der Waals surface area contributed by atoms with Gasteiger partial charge in [-0.1, -0.05) is 12.1 Å². The zero-order chi connectivity index (χ0) is 19.0. The van der Waals surface area contributed by atoms with E-state index >= 15 is 0 Å². The van der Waals surface area contributed by atoms with Crippen LogP contribution in [0.5, 0.6) is 0 Å². The Morgan fingerprint density at radius 2 is 2.15 bits per heavy atom. The first-order valence-electron chi connectivity index (χ1n) is 8.98. The average molecular weight is 386 g/mol. The van der Waals surface area contributed by atoms with E-state index in [0.717, 1.165) is 23.1 Å². The van der Waals surface area contributed by atoms with Crippen LogP contribution < -0.4 is 0 Å². The van der Waals surface area contributed by atoms with Crippen molar-refractivity contribution < 1.29 is 13.2 Å². The maximum Gasteiger partial charge on any atom is 0.245 e. The Bertz CT molecular complexity index is 1080. The van der Waals surface area contributed by atoms with E-state index in [1.54, 1.807) is 24.5 Å². The number of ether oxygens (including phenoxy) is 1. The SMILES string of the molecule is CCn1cc([C@H]2CN(S(=O)(=O)c3cccc4cc(C)cnc34)CCO2)cn1. The molecule has 1 aliphatic heterocycles. The summed E-state index contributed by atoms with van der Waals surface area (Å²) in [5.41, 5.74) is 2.39. The van der Waals surface area contributed by atoms with Crippen molar-refractivity contribution >= 4 is 20.9 Å². The van der Waals surface area contributed by atoms with E-state index in [4.69, 9.17) is 4.74 Å². The van der Waals surface area contributed by atoms with Crippen molar-refractivity contribution in [2.45, 2.75) is 31.4 Å². The average Bonchev–Trinajstić information content (AvgIpc) is 3.16. The first-order chi connectivity index (χ1) is 13.0. The molecule has 1 aromatic carbocycles. The van der Waals surface area contributed by atoms with Crippen LogP contribution in [0.3, 0.4) is 0 Å². The highest BCUT2D eigenvalue weighted by Gasteiger charge is 2.33. The Hall–Kier alpha value is -2.29. The predicted octanol–water partition coefficient (Wildman–Crippen LogP) is 2.52. The highest BCUT2D eigenvalue weighted by atomic mass is 32.2. The fraction of sp³-hybridized carbons (Fsp3) is 0.368. The molecule has 1 saturated heterocycles. The van der Waals surface area contributed by atoms with Gasteiger partial charge in [0.25, 0.3) is 0 Å². The van der Waals surface area contributed by atoms with Gasteiger partial charge in [0.15, 0.2) is 0 Å². The van der Waals surface area contributed by atoms with Crippen LogP contribution in [-0.4, -0.2) is 47.2 Å². The van der Waals surface area contributed by atoms with E-state index in [9.17, 15) is 8.42 Å². The van der Waals surface area contributed by atoms with Gasteiger partial charge in [0.1, 0.15) is 4.90 Å². The zero-order valence-electron chi connectivity index (χ0n) is 15.4. The quantitative estimate of drug-likeness (QED) is 0.689. The second kappa shape index (κ2) is 7.03.